The number of rotatable bonds is 3. The van der Waals surface area contributed by atoms with Crippen LogP contribution >= 0.6 is 0 Å². The van der Waals surface area contributed by atoms with Gasteiger partial charge >= 0.3 is 70.1 Å². The van der Waals surface area contributed by atoms with Gasteiger partial charge in [0.15, 0.2) is 6.10 Å². The van der Waals surface area contributed by atoms with Gasteiger partial charge in [0.1, 0.15) is 0 Å². The second kappa shape index (κ2) is 6.42. The first-order valence-corrected chi connectivity index (χ1v) is 2.16. The number of aliphatic hydroxyl groups is 1. The first-order chi connectivity index (χ1) is 4.04. The number of hydrogen-bond donors (Lipinski definition) is 3. The first-order valence-electron chi connectivity index (χ1n) is 2.16. The quantitative estimate of drug-likeness (QED) is 0.451. The topological polar surface area (TPSA) is 94.8 Å². The summed E-state index contributed by atoms with van der Waals surface area (Å²) in [4.78, 5) is 19.4. The van der Waals surface area contributed by atoms with Gasteiger partial charge in [-0.15, -0.1) is 0 Å². The molecule has 5 nitrogen and oxygen atoms in total. The van der Waals surface area contributed by atoms with E-state index >= 15 is 0 Å². The average molecular weight is 221 g/mol. The van der Waals surface area contributed by atoms with E-state index < -0.39 is 24.5 Å². The molecule has 0 aromatic carbocycles. The summed E-state index contributed by atoms with van der Waals surface area (Å²) in [7, 11) is 0. The van der Waals surface area contributed by atoms with Crippen LogP contribution in [0.4, 0.5) is 0 Å². The molecule has 0 spiro atoms. The third-order valence-corrected chi connectivity index (χ3v) is 0.653. The number of carbonyl (C=O) groups is 2. The Morgan fingerprint density at radius 3 is 1.90 bits per heavy atom. The van der Waals surface area contributed by atoms with Gasteiger partial charge in [-0.2, -0.15) is 0 Å². The number of aliphatic carboxylic acids is 2. The van der Waals surface area contributed by atoms with Crippen LogP contribution in [-0.4, -0.2) is 33.4 Å². The predicted molar refractivity (Wildman–Crippen MR) is 27.0 cm³/mol. The molecule has 0 amide bonds. The maximum atomic E-state index is 9.72. The fraction of sp³-hybridized carbons (Fsp3) is 0.500. The van der Waals surface area contributed by atoms with Crippen molar-refractivity contribution in [3.8, 4) is 0 Å². The van der Waals surface area contributed by atoms with E-state index in [9.17, 15) is 9.59 Å². The van der Waals surface area contributed by atoms with E-state index in [2.05, 4.69) is 0 Å². The molecule has 10 heavy (non-hydrogen) atoms. The normalized spacial score (nSPS) is 11.3. The minimum Gasteiger partial charge on any atom is -1.00 e. The average Bonchev–Trinajstić information content (AvgIpc) is 1.63. The molecular weight excluding hydrogens is 214 g/mol. The van der Waals surface area contributed by atoms with Gasteiger partial charge in [0, 0.05) is 0 Å². The van der Waals surface area contributed by atoms with Crippen molar-refractivity contribution in [2.24, 2.45) is 0 Å². The molecule has 0 aliphatic rings. The summed E-state index contributed by atoms with van der Waals surface area (Å²) in [6, 6.07) is 0. The van der Waals surface area contributed by atoms with Crippen molar-refractivity contribution >= 4 is 11.9 Å². The van der Waals surface area contributed by atoms with Crippen molar-refractivity contribution in [1.82, 2.24) is 0 Å². The molecule has 0 heterocycles. The molecule has 0 aromatic heterocycles. The Morgan fingerprint density at radius 1 is 1.40 bits per heavy atom. The van der Waals surface area contributed by atoms with E-state index in [-0.39, 0.29) is 59.6 Å². The third kappa shape index (κ3) is 6.82. The Bertz CT molecular complexity index is 138. The van der Waals surface area contributed by atoms with Crippen LogP contribution < -0.4 is 58.2 Å². The summed E-state index contributed by atoms with van der Waals surface area (Å²) in [5.41, 5.74) is 0. The molecule has 1 unspecified atom stereocenters. The molecule has 0 saturated heterocycles. The van der Waals surface area contributed by atoms with Crippen molar-refractivity contribution in [3.63, 3.8) is 0 Å². The van der Waals surface area contributed by atoms with Crippen LogP contribution in [0.3, 0.4) is 0 Å². The molecule has 0 aromatic rings. The Labute approximate surface area is 107 Å². The zero-order chi connectivity index (χ0) is 7.44. The molecular formula is C4H7O5Rb. The SMILES string of the molecule is O=C(O)CC(O)C(=O)O.[H-].[Rb+]. The van der Waals surface area contributed by atoms with Crippen molar-refractivity contribution in [1.29, 1.82) is 0 Å². The molecule has 0 aliphatic carbocycles. The smallest absolute Gasteiger partial charge is 1.00 e. The van der Waals surface area contributed by atoms with Crippen LogP contribution in [0.25, 0.3) is 0 Å². The standard InChI is InChI=1S/C4H6O5.Rb.H/c5-2(4(8)9)1-3(6)7;;/h2,5H,1H2,(H,6,7)(H,8,9);;/q;+1;-1. The summed E-state index contributed by atoms with van der Waals surface area (Å²) in [6.07, 6.45) is -2.54. The Hall–Kier alpha value is 0.705. The Kier molecular flexibility index (Phi) is 8.54. The monoisotopic (exact) mass is 220 g/mol. The molecule has 54 valence electrons. The maximum Gasteiger partial charge on any atom is 1.00 e. The predicted octanol–water partition coefficient (Wildman–Crippen LogP) is -3.98. The van der Waals surface area contributed by atoms with Gasteiger partial charge in [-0.25, -0.2) is 4.79 Å². The number of carboxylic acid groups (broad SMARTS) is 2. The van der Waals surface area contributed by atoms with E-state index in [1.807, 2.05) is 0 Å². The maximum absolute atomic E-state index is 9.72. The molecule has 3 N–H and O–H groups in total. The Balaban J connectivity index is -0.000000320. The summed E-state index contributed by atoms with van der Waals surface area (Å²) in [5, 5.41) is 24.1. The summed E-state index contributed by atoms with van der Waals surface area (Å²) in [5.74, 6) is -2.85. The zero-order valence-corrected chi connectivity index (χ0v) is 10.4. The largest absolute Gasteiger partial charge is 1.00 e. The van der Waals surface area contributed by atoms with Gasteiger partial charge < -0.3 is 16.7 Å². The van der Waals surface area contributed by atoms with Crippen molar-refractivity contribution in [3.05, 3.63) is 0 Å². The molecule has 6 heteroatoms. The van der Waals surface area contributed by atoms with Crippen LogP contribution in [-0.2, 0) is 9.59 Å². The van der Waals surface area contributed by atoms with Gasteiger partial charge in [-0.05, 0) is 0 Å². The fourth-order valence-electron chi connectivity index (χ4n) is 0.253. The van der Waals surface area contributed by atoms with Crippen LogP contribution in [0.15, 0.2) is 0 Å². The van der Waals surface area contributed by atoms with Crippen molar-refractivity contribution < 1.29 is 84.5 Å². The van der Waals surface area contributed by atoms with Gasteiger partial charge in [0.2, 0.25) is 0 Å². The molecule has 1 atom stereocenters. The number of hydrogen-bond acceptors (Lipinski definition) is 3. The zero-order valence-electron chi connectivity index (χ0n) is 6.44. The minimum atomic E-state index is -1.79. The molecule has 0 fully saturated rings. The van der Waals surface area contributed by atoms with Gasteiger partial charge in [0.25, 0.3) is 0 Å². The Morgan fingerprint density at radius 2 is 1.80 bits per heavy atom. The second-order valence-electron chi connectivity index (χ2n) is 1.45. The minimum absolute atomic E-state index is 0. The molecule has 0 saturated carbocycles. The summed E-state index contributed by atoms with van der Waals surface area (Å²) < 4.78 is 0. The van der Waals surface area contributed by atoms with Gasteiger partial charge in [0.05, 0.1) is 6.42 Å². The van der Waals surface area contributed by atoms with Crippen LogP contribution in [0.5, 0.6) is 0 Å². The molecule has 0 rings (SSSR count). The van der Waals surface area contributed by atoms with E-state index in [1.54, 1.807) is 0 Å². The summed E-state index contributed by atoms with van der Waals surface area (Å²) in [6.45, 7) is 0. The van der Waals surface area contributed by atoms with E-state index in [4.69, 9.17) is 15.3 Å². The van der Waals surface area contributed by atoms with E-state index in [1.165, 1.54) is 0 Å². The van der Waals surface area contributed by atoms with Crippen LogP contribution in [0, 0.1) is 0 Å². The molecule has 0 bridgehead atoms. The van der Waals surface area contributed by atoms with Crippen molar-refractivity contribution in [2.45, 2.75) is 12.5 Å². The van der Waals surface area contributed by atoms with E-state index in [0.29, 0.717) is 0 Å². The third-order valence-electron chi connectivity index (χ3n) is 0.653. The molecule has 0 aliphatic heterocycles. The number of aliphatic hydroxyl groups excluding tert-OH is 1. The van der Waals surface area contributed by atoms with Crippen molar-refractivity contribution in [2.75, 3.05) is 0 Å². The first kappa shape index (κ1) is 13.3. The van der Waals surface area contributed by atoms with Crippen LogP contribution in [0.1, 0.15) is 7.85 Å². The second-order valence-corrected chi connectivity index (χ2v) is 1.45. The van der Waals surface area contributed by atoms with E-state index in [0.717, 1.165) is 0 Å². The van der Waals surface area contributed by atoms with Gasteiger partial charge in [-0.3, -0.25) is 4.79 Å². The fourth-order valence-corrected chi connectivity index (χ4v) is 0.253. The summed E-state index contributed by atoms with van der Waals surface area (Å²) >= 11 is 0. The van der Waals surface area contributed by atoms with Gasteiger partial charge in [-0.1, -0.05) is 0 Å². The molecule has 0 radical (unpaired) electrons. The van der Waals surface area contributed by atoms with Crippen LogP contribution in [0.2, 0.25) is 0 Å². The number of carboxylic acids is 2.